The van der Waals surface area contributed by atoms with Crippen molar-refractivity contribution in [2.45, 2.75) is 18.9 Å². The molecule has 3 N–H and O–H groups in total. The molecule has 1 aliphatic rings. The predicted molar refractivity (Wildman–Crippen MR) is 100 cm³/mol. The number of benzene rings is 2. The number of carbonyl (C=O) groups excluding carboxylic acids is 2. The number of nitrogens with one attached hydrogen (secondary N) is 3. The lowest BCUT2D eigenvalue weighted by atomic mass is 10.1. The number of nitrogens with zero attached hydrogens (tertiary/aromatic N) is 1. The fourth-order valence-corrected chi connectivity index (χ4v) is 2.52. The minimum absolute atomic E-state index is 0.0848. The van der Waals surface area contributed by atoms with E-state index in [9.17, 15) is 14.0 Å². The summed E-state index contributed by atoms with van der Waals surface area (Å²) < 4.78 is 13.6. The van der Waals surface area contributed by atoms with Gasteiger partial charge in [0.15, 0.2) is 0 Å². The van der Waals surface area contributed by atoms with Crippen molar-refractivity contribution in [3.8, 4) is 0 Å². The minimum Gasteiger partial charge on any atom is -0.377 e. The number of para-hydroxylation sites is 1. The summed E-state index contributed by atoms with van der Waals surface area (Å²) in [5, 5.41) is 8.03. The summed E-state index contributed by atoms with van der Waals surface area (Å²) in [7, 11) is 3.70. The molecule has 2 aromatic rings. The molecule has 1 aliphatic carbocycles. The van der Waals surface area contributed by atoms with Crippen LogP contribution in [-0.2, 0) is 0 Å². The number of anilines is 3. The van der Waals surface area contributed by atoms with Gasteiger partial charge in [-0.2, -0.15) is 0 Å². The second-order valence-corrected chi connectivity index (χ2v) is 6.43. The van der Waals surface area contributed by atoms with Crippen LogP contribution in [0.5, 0.6) is 0 Å². The first-order valence-electron chi connectivity index (χ1n) is 8.39. The summed E-state index contributed by atoms with van der Waals surface area (Å²) in [5.74, 6) is -0.690. The number of urea groups is 1. The van der Waals surface area contributed by atoms with E-state index in [1.807, 2.05) is 19.0 Å². The van der Waals surface area contributed by atoms with Crippen molar-refractivity contribution in [3.05, 3.63) is 53.8 Å². The maximum atomic E-state index is 13.6. The standard InChI is InChI=1S/C19H21FN4O2/c1-24(2)17-10-9-13(11-14(17)18(25)21-12-7-8-12)22-19(26)23-16-6-4-3-5-15(16)20/h3-6,9-12H,7-8H2,1-2H3,(H,21,25)(H2,22,23,26). The van der Waals surface area contributed by atoms with E-state index >= 15 is 0 Å². The van der Waals surface area contributed by atoms with Gasteiger partial charge in [0, 0.05) is 31.5 Å². The molecule has 7 heteroatoms. The first kappa shape index (κ1) is 17.7. The number of hydrogen-bond acceptors (Lipinski definition) is 3. The number of halogens is 1. The fourth-order valence-electron chi connectivity index (χ4n) is 2.52. The normalized spacial score (nSPS) is 13.0. The molecule has 0 aromatic heterocycles. The van der Waals surface area contributed by atoms with Crippen LogP contribution < -0.4 is 20.9 Å². The van der Waals surface area contributed by atoms with E-state index in [1.165, 1.54) is 12.1 Å². The lowest BCUT2D eigenvalue weighted by Gasteiger charge is -2.18. The van der Waals surface area contributed by atoms with Gasteiger partial charge in [0.1, 0.15) is 5.82 Å². The van der Waals surface area contributed by atoms with Crippen molar-refractivity contribution in [2.75, 3.05) is 29.6 Å². The highest BCUT2D eigenvalue weighted by molar-refractivity contribution is 6.04. The van der Waals surface area contributed by atoms with E-state index in [4.69, 9.17) is 0 Å². The SMILES string of the molecule is CN(C)c1ccc(NC(=O)Nc2ccccc2F)cc1C(=O)NC1CC1. The molecule has 3 amide bonds. The largest absolute Gasteiger partial charge is 0.377 e. The molecule has 0 bridgehead atoms. The van der Waals surface area contributed by atoms with Gasteiger partial charge in [-0.25, -0.2) is 9.18 Å². The number of amides is 3. The molecular weight excluding hydrogens is 335 g/mol. The van der Waals surface area contributed by atoms with Crippen LogP contribution in [-0.4, -0.2) is 32.1 Å². The van der Waals surface area contributed by atoms with Gasteiger partial charge in [-0.3, -0.25) is 4.79 Å². The van der Waals surface area contributed by atoms with E-state index < -0.39 is 11.8 Å². The highest BCUT2D eigenvalue weighted by atomic mass is 19.1. The Bertz CT molecular complexity index is 834. The van der Waals surface area contributed by atoms with Crippen molar-refractivity contribution in [3.63, 3.8) is 0 Å². The summed E-state index contributed by atoms with van der Waals surface area (Å²) in [6.07, 6.45) is 1.98. The van der Waals surface area contributed by atoms with E-state index in [-0.39, 0.29) is 17.6 Å². The van der Waals surface area contributed by atoms with Gasteiger partial charge >= 0.3 is 6.03 Å². The second-order valence-electron chi connectivity index (χ2n) is 6.43. The number of hydrogen-bond donors (Lipinski definition) is 3. The molecule has 0 unspecified atom stereocenters. The molecule has 0 saturated heterocycles. The minimum atomic E-state index is -0.582. The summed E-state index contributed by atoms with van der Waals surface area (Å²) in [4.78, 5) is 26.4. The Kier molecular flexibility index (Phi) is 5.06. The smallest absolute Gasteiger partial charge is 0.323 e. The average Bonchev–Trinajstić information content (AvgIpc) is 3.40. The topological polar surface area (TPSA) is 73.5 Å². The van der Waals surface area contributed by atoms with Gasteiger partial charge < -0.3 is 20.9 Å². The van der Waals surface area contributed by atoms with Crippen molar-refractivity contribution in [2.24, 2.45) is 0 Å². The zero-order valence-corrected chi connectivity index (χ0v) is 14.7. The van der Waals surface area contributed by atoms with Crippen molar-refractivity contribution < 1.29 is 14.0 Å². The Morgan fingerprint density at radius 3 is 2.46 bits per heavy atom. The first-order valence-corrected chi connectivity index (χ1v) is 8.39. The van der Waals surface area contributed by atoms with Crippen LogP contribution >= 0.6 is 0 Å². The molecule has 0 radical (unpaired) electrons. The molecule has 136 valence electrons. The van der Waals surface area contributed by atoms with Crippen molar-refractivity contribution >= 4 is 29.0 Å². The highest BCUT2D eigenvalue weighted by Crippen LogP contribution is 2.25. The highest BCUT2D eigenvalue weighted by Gasteiger charge is 2.25. The van der Waals surface area contributed by atoms with Crippen LogP contribution in [0.1, 0.15) is 23.2 Å². The molecule has 2 aromatic carbocycles. The molecule has 0 heterocycles. The zero-order chi connectivity index (χ0) is 18.7. The van der Waals surface area contributed by atoms with Gasteiger partial charge in [0.05, 0.1) is 11.3 Å². The lowest BCUT2D eigenvalue weighted by Crippen LogP contribution is -2.28. The van der Waals surface area contributed by atoms with Crippen molar-refractivity contribution in [1.29, 1.82) is 0 Å². The molecule has 0 atom stereocenters. The van der Waals surface area contributed by atoms with Gasteiger partial charge in [0.25, 0.3) is 5.91 Å². The second kappa shape index (κ2) is 7.43. The van der Waals surface area contributed by atoms with Crippen LogP contribution in [0.3, 0.4) is 0 Å². The zero-order valence-electron chi connectivity index (χ0n) is 14.7. The number of rotatable bonds is 5. The molecule has 0 aliphatic heterocycles. The maximum Gasteiger partial charge on any atom is 0.323 e. The Morgan fingerprint density at radius 2 is 1.81 bits per heavy atom. The third-order valence-electron chi connectivity index (χ3n) is 4.02. The van der Waals surface area contributed by atoms with Crippen LogP contribution in [0.15, 0.2) is 42.5 Å². The van der Waals surface area contributed by atoms with Gasteiger partial charge in [-0.05, 0) is 43.2 Å². The van der Waals surface area contributed by atoms with Gasteiger partial charge in [-0.15, -0.1) is 0 Å². The molecule has 26 heavy (non-hydrogen) atoms. The molecule has 3 rings (SSSR count). The van der Waals surface area contributed by atoms with Crippen LogP contribution in [0, 0.1) is 5.82 Å². The molecule has 1 fully saturated rings. The van der Waals surface area contributed by atoms with E-state index in [1.54, 1.807) is 30.3 Å². The first-order chi connectivity index (χ1) is 12.4. The summed E-state index contributed by atoms with van der Waals surface area (Å²) in [6, 6.07) is 10.6. The predicted octanol–water partition coefficient (Wildman–Crippen LogP) is 3.43. The third kappa shape index (κ3) is 4.30. The molecule has 6 nitrogen and oxygen atoms in total. The lowest BCUT2D eigenvalue weighted by molar-refractivity contribution is 0.0951. The third-order valence-corrected chi connectivity index (χ3v) is 4.02. The Labute approximate surface area is 151 Å². The monoisotopic (exact) mass is 356 g/mol. The van der Waals surface area contributed by atoms with Crippen LogP contribution in [0.25, 0.3) is 0 Å². The van der Waals surface area contributed by atoms with Gasteiger partial charge in [0.2, 0.25) is 0 Å². The Morgan fingerprint density at radius 1 is 1.08 bits per heavy atom. The summed E-state index contributed by atoms with van der Waals surface area (Å²) in [5.41, 5.74) is 1.76. The van der Waals surface area contributed by atoms with E-state index in [2.05, 4.69) is 16.0 Å². The molecule has 0 spiro atoms. The maximum absolute atomic E-state index is 13.6. The van der Waals surface area contributed by atoms with Crippen LogP contribution in [0.2, 0.25) is 0 Å². The van der Waals surface area contributed by atoms with Crippen LogP contribution in [0.4, 0.5) is 26.2 Å². The Hall–Kier alpha value is -3.09. The fraction of sp³-hybridized carbons (Fsp3) is 0.263. The quantitative estimate of drug-likeness (QED) is 0.768. The molecular formula is C19H21FN4O2. The molecule has 1 saturated carbocycles. The van der Waals surface area contributed by atoms with E-state index in [0.717, 1.165) is 18.5 Å². The summed E-state index contributed by atoms with van der Waals surface area (Å²) >= 11 is 0. The van der Waals surface area contributed by atoms with Crippen molar-refractivity contribution in [1.82, 2.24) is 5.32 Å². The average molecular weight is 356 g/mol. The van der Waals surface area contributed by atoms with Gasteiger partial charge in [-0.1, -0.05) is 12.1 Å². The van der Waals surface area contributed by atoms with E-state index in [0.29, 0.717) is 11.3 Å². The Balaban J connectivity index is 1.75. The number of carbonyl (C=O) groups is 2. The summed E-state index contributed by atoms with van der Waals surface area (Å²) in [6.45, 7) is 0.